The number of H-pyrrole nitrogens is 1. The van der Waals surface area contributed by atoms with Gasteiger partial charge in [0.2, 0.25) is 0 Å². The summed E-state index contributed by atoms with van der Waals surface area (Å²) in [7, 11) is 0. The molecule has 6 heteroatoms. The molecule has 0 bridgehead atoms. The molecule has 2 rings (SSSR count). The van der Waals surface area contributed by atoms with E-state index in [0.29, 0.717) is 5.69 Å². The van der Waals surface area contributed by atoms with Crippen molar-refractivity contribution < 1.29 is 0 Å². The highest BCUT2D eigenvalue weighted by molar-refractivity contribution is 6.32. The van der Waals surface area contributed by atoms with Gasteiger partial charge in [0.05, 0.1) is 11.9 Å². The van der Waals surface area contributed by atoms with Crippen LogP contribution in [0.1, 0.15) is 18.1 Å². The van der Waals surface area contributed by atoms with Crippen molar-refractivity contribution in [2.75, 3.05) is 5.43 Å². The van der Waals surface area contributed by atoms with Crippen LogP contribution in [-0.2, 0) is 0 Å². The Labute approximate surface area is 115 Å². The van der Waals surface area contributed by atoms with Gasteiger partial charge in [-0.3, -0.25) is 10.2 Å². The fourth-order valence-corrected chi connectivity index (χ4v) is 1.60. The number of benzene rings is 1. The van der Waals surface area contributed by atoms with Crippen LogP contribution in [0.5, 0.6) is 0 Å². The Balaban J connectivity index is 2.20. The summed E-state index contributed by atoms with van der Waals surface area (Å²) >= 11 is 5.83. The lowest BCUT2D eigenvalue weighted by Gasteiger charge is -2.04. The van der Waals surface area contributed by atoms with Crippen molar-refractivity contribution in [2.24, 2.45) is 5.10 Å². The summed E-state index contributed by atoms with van der Waals surface area (Å²) in [5.41, 5.74) is 5.63. The molecule has 0 saturated carbocycles. The summed E-state index contributed by atoms with van der Waals surface area (Å²) in [6, 6.07) is 7.98. The number of hydrazone groups is 1. The zero-order valence-corrected chi connectivity index (χ0v) is 11.3. The first kappa shape index (κ1) is 13.3. The number of aromatic amines is 1. The maximum Gasteiger partial charge on any atom is 0.285 e. The molecule has 2 aromatic rings. The van der Waals surface area contributed by atoms with Crippen LogP contribution in [0, 0.1) is 6.92 Å². The molecule has 0 amide bonds. The Bertz CT molecular complexity index is 661. The quantitative estimate of drug-likeness (QED) is 0.669. The molecule has 0 fully saturated rings. The first-order valence-corrected chi connectivity index (χ1v) is 6.06. The minimum Gasteiger partial charge on any atom is -0.275 e. The molecular weight excluding hydrogens is 264 g/mol. The van der Waals surface area contributed by atoms with Crippen molar-refractivity contribution in [1.29, 1.82) is 0 Å². The minimum absolute atomic E-state index is 0.0375. The van der Waals surface area contributed by atoms with Gasteiger partial charge in [-0.15, -0.1) is 0 Å². The van der Waals surface area contributed by atoms with E-state index < -0.39 is 5.56 Å². The molecule has 2 N–H and O–H groups in total. The van der Waals surface area contributed by atoms with Crippen molar-refractivity contribution in [2.45, 2.75) is 13.8 Å². The normalized spacial score (nSPS) is 11.4. The van der Waals surface area contributed by atoms with E-state index >= 15 is 0 Å². The number of hydrogen-bond donors (Lipinski definition) is 2. The lowest BCUT2D eigenvalue weighted by molar-refractivity contribution is 0.986. The van der Waals surface area contributed by atoms with E-state index in [9.17, 15) is 4.79 Å². The summed E-state index contributed by atoms with van der Waals surface area (Å²) in [4.78, 5) is 11.3. The van der Waals surface area contributed by atoms with Gasteiger partial charge in [-0.05, 0) is 19.4 Å². The molecule has 5 nitrogen and oxygen atoms in total. The Kier molecular flexibility index (Phi) is 3.97. The van der Waals surface area contributed by atoms with Gasteiger partial charge in [-0.1, -0.05) is 41.4 Å². The Morgan fingerprint density at radius 3 is 2.74 bits per heavy atom. The van der Waals surface area contributed by atoms with Gasteiger partial charge in [0.15, 0.2) is 0 Å². The van der Waals surface area contributed by atoms with Crippen LogP contribution in [0.2, 0.25) is 5.02 Å². The van der Waals surface area contributed by atoms with Crippen LogP contribution in [0.4, 0.5) is 5.69 Å². The molecule has 0 aliphatic heterocycles. The highest BCUT2D eigenvalue weighted by Crippen LogP contribution is 2.14. The number of aryl methyl sites for hydroxylation is 1. The summed E-state index contributed by atoms with van der Waals surface area (Å²) < 4.78 is 0. The third-order valence-electron chi connectivity index (χ3n) is 2.61. The van der Waals surface area contributed by atoms with Crippen LogP contribution in [0.25, 0.3) is 0 Å². The molecule has 1 aromatic carbocycles. The first-order chi connectivity index (χ1) is 9.08. The van der Waals surface area contributed by atoms with Crippen molar-refractivity contribution in [1.82, 2.24) is 10.2 Å². The molecule has 98 valence electrons. The topological polar surface area (TPSA) is 70.1 Å². The second-order valence-electron chi connectivity index (χ2n) is 4.10. The van der Waals surface area contributed by atoms with Gasteiger partial charge in [0.1, 0.15) is 10.7 Å². The maximum absolute atomic E-state index is 11.3. The summed E-state index contributed by atoms with van der Waals surface area (Å²) in [5.74, 6) is 0. The van der Waals surface area contributed by atoms with E-state index in [2.05, 4.69) is 20.7 Å². The summed E-state index contributed by atoms with van der Waals surface area (Å²) in [5, 5.41) is 10.1. The van der Waals surface area contributed by atoms with E-state index in [1.54, 1.807) is 0 Å². The van der Waals surface area contributed by atoms with Crippen LogP contribution < -0.4 is 11.0 Å². The summed E-state index contributed by atoms with van der Waals surface area (Å²) in [6.45, 7) is 3.89. The molecule has 1 aromatic heterocycles. The van der Waals surface area contributed by atoms with Crippen LogP contribution in [0.3, 0.4) is 0 Å². The van der Waals surface area contributed by atoms with Gasteiger partial charge in [0.25, 0.3) is 5.56 Å². The van der Waals surface area contributed by atoms with Crippen LogP contribution in [0.15, 0.2) is 40.4 Å². The third-order valence-corrected chi connectivity index (χ3v) is 2.98. The second kappa shape index (κ2) is 5.67. The molecular formula is C13H13ClN4O. The number of aromatic nitrogens is 2. The second-order valence-corrected chi connectivity index (χ2v) is 4.48. The molecule has 0 saturated heterocycles. The molecule has 19 heavy (non-hydrogen) atoms. The lowest BCUT2D eigenvalue weighted by Crippen LogP contribution is -2.10. The molecule has 0 unspecified atom stereocenters. The fourth-order valence-electron chi connectivity index (χ4n) is 1.46. The van der Waals surface area contributed by atoms with E-state index in [1.165, 1.54) is 11.8 Å². The summed E-state index contributed by atoms with van der Waals surface area (Å²) in [6.07, 6.45) is 1.41. The molecule has 0 atom stereocenters. The van der Waals surface area contributed by atoms with Gasteiger partial charge in [-0.25, -0.2) is 5.10 Å². The largest absolute Gasteiger partial charge is 0.285 e. The van der Waals surface area contributed by atoms with Gasteiger partial charge < -0.3 is 0 Å². The Hall–Kier alpha value is -2.14. The highest BCUT2D eigenvalue weighted by Gasteiger charge is 2.04. The number of anilines is 1. The van der Waals surface area contributed by atoms with Crippen molar-refractivity contribution in [3.05, 3.63) is 57.0 Å². The van der Waals surface area contributed by atoms with E-state index in [1.807, 2.05) is 38.1 Å². The highest BCUT2D eigenvalue weighted by atomic mass is 35.5. The van der Waals surface area contributed by atoms with Gasteiger partial charge in [0, 0.05) is 0 Å². The van der Waals surface area contributed by atoms with Crippen LogP contribution in [-0.4, -0.2) is 15.9 Å². The number of halogens is 1. The predicted molar refractivity (Wildman–Crippen MR) is 76.9 cm³/mol. The van der Waals surface area contributed by atoms with Crippen molar-refractivity contribution >= 4 is 23.0 Å². The Morgan fingerprint density at radius 1 is 1.37 bits per heavy atom. The molecule has 0 aliphatic rings. The fraction of sp³-hybridized carbons (Fsp3) is 0.154. The SMILES string of the molecule is CC(=NNc1cn[nH]c(=O)c1Cl)c1ccc(C)cc1. The average Bonchev–Trinajstić information content (AvgIpc) is 2.41. The molecule has 1 heterocycles. The smallest absolute Gasteiger partial charge is 0.275 e. The first-order valence-electron chi connectivity index (χ1n) is 5.68. The van der Waals surface area contributed by atoms with E-state index in [0.717, 1.165) is 11.3 Å². The number of nitrogens with zero attached hydrogens (tertiary/aromatic N) is 2. The zero-order valence-electron chi connectivity index (χ0n) is 10.6. The molecule has 0 spiro atoms. The minimum atomic E-state index is -0.449. The standard InChI is InChI=1S/C13H13ClN4O/c1-8-3-5-10(6-4-8)9(2)16-17-11-7-15-18-13(19)12(11)14/h3-7H,1-2H3,(H2,17,18,19). The Morgan fingerprint density at radius 2 is 2.05 bits per heavy atom. The lowest BCUT2D eigenvalue weighted by atomic mass is 10.1. The van der Waals surface area contributed by atoms with E-state index in [-0.39, 0.29) is 5.02 Å². The number of rotatable bonds is 3. The van der Waals surface area contributed by atoms with E-state index in [4.69, 9.17) is 11.6 Å². The predicted octanol–water partition coefficient (Wildman–Crippen LogP) is 2.57. The monoisotopic (exact) mass is 276 g/mol. The third kappa shape index (κ3) is 3.20. The van der Waals surface area contributed by atoms with Crippen molar-refractivity contribution in [3.63, 3.8) is 0 Å². The van der Waals surface area contributed by atoms with Gasteiger partial charge in [-0.2, -0.15) is 10.2 Å². The molecule has 0 radical (unpaired) electrons. The number of hydrogen-bond acceptors (Lipinski definition) is 4. The van der Waals surface area contributed by atoms with Crippen LogP contribution >= 0.6 is 11.6 Å². The van der Waals surface area contributed by atoms with Gasteiger partial charge >= 0.3 is 0 Å². The zero-order chi connectivity index (χ0) is 13.8. The molecule has 0 aliphatic carbocycles. The number of nitrogens with one attached hydrogen (secondary N) is 2. The average molecular weight is 277 g/mol. The van der Waals surface area contributed by atoms with Crippen molar-refractivity contribution in [3.8, 4) is 0 Å². The maximum atomic E-state index is 11.3.